The van der Waals surface area contributed by atoms with E-state index in [0.717, 1.165) is 10.7 Å². The molecule has 114 valence electrons. The molecular formula is C11H10BrF3N4OS. The number of hydrogen-bond donors (Lipinski definition) is 1. The highest BCUT2D eigenvalue weighted by Gasteiger charge is 2.29. The van der Waals surface area contributed by atoms with Gasteiger partial charge in [-0.25, -0.2) is 9.67 Å². The van der Waals surface area contributed by atoms with Crippen LogP contribution in [-0.4, -0.2) is 20.9 Å². The largest absolute Gasteiger partial charge is 0.408 e. The molecular weight excluding hydrogens is 373 g/mol. The van der Waals surface area contributed by atoms with Crippen molar-refractivity contribution in [1.29, 1.82) is 0 Å². The Balaban J connectivity index is 2.15. The zero-order chi connectivity index (χ0) is 15.6. The number of halogens is 4. The number of thiazole rings is 1. The lowest BCUT2D eigenvalue weighted by Gasteiger charge is -2.11. The highest BCUT2D eigenvalue weighted by atomic mass is 79.9. The summed E-state index contributed by atoms with van der Waals surface area (Å²) in [5.74, 6) is 0. The first-order valence-electron chi connectivity index (χ1n) is 5.73. The van der Waals surface area contributed by atoms with E-state index in [1.807, 2.05) is 12.3 Å². The van der Waals surface area contributed by atoms with E-state index >= 15 is 0 Å². The highest BCUT2D eigenvalue weighted by molar-refractivity contribution is 9.10. The Labute approximate surface area is 130 Å². The third-order valence-corrected chi connectivity index (χ3v) is 4.03. The molecule has 0 unspecified atom stereocenters. The van der Waals surface area contributed by atoms with Crippen LogP contribution in [0.4, 0.5) is 18.9 Å². The quantitative estimate of drug-likeness (QED) is 0.882. The van der Waals surface area contributed by atoms with Crippen LogP contribution in [0.5, 0.6) is 0 Å². The molecule has 2 aromatic rings. The standard InChI is InChI=1S/C11H10BrF3N4OS/c1-6-18-7(4-21-6)2-16-8-3-17-19(5-11(13,14)15)10(20)9(8)12/h3-4,16H,2,5H2,1H3. The van der Waals surface area contributed by atoms with Crippen LogP contribution in [0.1, 0.15) is 10.7 Å². The van der Waals surface area contributed by atoms with Crippen LogP contribution < -0.4 is 10.9 Å². The molecule has 5 nitrogen and oxygen atoms in total. The number of rotatable bonds is 4. The second kappa shape index (κ2) is 6.14. The molecule has 2 aromatic heterocycles. The van der Waals surface area contributed by atoms with Gasteiger partial charge < -0.3 is 5.32 Å². The van der Waals surface area contributed by atoms with Crippen molar-refractivity contribution >= 4 is 33.0 Å². The third-order valence-electron chi connectivity index (χ3n) is 2.44. The predicted octanol–water partition coefficient (Wildman–Crippen LogP) is 2.95. The fourth-order valence-electron chi connectivity index (χ4n) is 1.55. The molecule has 0 amide bonds. The van der Waals surface area contributed by atoms with Crippen LogP contribution in [0.15, 0.2) is 20.8 Å². The Hall–Kier alpha value is -1.42. The average molecular weight is 383 g/mol. The minimum atomic E-state index is -4.50. The molecule has 10 heteroatoms. The first-order valence-corrected chi connectivity index (χ1v) is 7.41. The average Bonchev–Trinajstić information content (AvgIpc) is 2.79. The van der Waals surface area contributed by atoms with Crippen molar-refractivity contribution in [1.82, 2.24) is 14.8 Å². The maximum absolute atomic E-state index is 12.3. The van der Waals surface area contributed by atoms with Crippen LogP contribution in [-0.2, 0) is 13.1 Å². The van der Waals surface area contributed by atoms with E-state index in [1.165, 1.54) is 17.5 Å². The molecule has 0 atom stereocenters. The monoisotopic (exact) mass is 382 g/mol. The van der Waals surface area contributed by atoms with E-state index in [1.54, 1.807) is 0 Å². The maximum Gasteiger partial charge on any atom is 0.408 e. The summed E-state index contributed by atoms with van der Waals surface area (Å²) in [6.45, 7) is 0.799. The minimum absolute atomic E-state index is 0.00806. The maximum atomic E-state index is 12.3. The molecule has 0 aromatic carbocycles. The lowest BCUT2D eigenvalue weighted by atomic mass is 10.4. The van der Waals surface area contributed by atoms with Crippen molar-refractivity contribution in [3.05, 3.63) is 37.1 Å². The van der Waals surface area contributed by atoms with Crippen molar-refractivity contribution in [3.63, 3.8) is 0 Å². The van der Waals surface area contributed by atoms with Crippen molar-refractivity contribution < 1.29 is 13.2 Å². The molecule has 0 radical (unpaired) electrons. The number of anilines is 1. The first-order chi connectivity index (χ1) is 9.76. The van der Waals surface area contributed by atoms with Crippen LogP contribution in [0.3, 0.4) is 0 Å². The smallest absolute Gasteiger partial charge is 0.377 e. The first kappa shape index (κ1) is 16.0. The van der Waals surface area contributed by atoms with Crippen LogP contribution in [0.25, 0.3) is 0 Å². The van der Waals surface area contributed by atoms with E-state index in [-0.39, 0.29) is 4.47 Å². The zero-order valence-corrected chi connectivity index (χ0v) is 13.1. The highest BCUT2D eigenvalue weighted by Crippen LogP contribution is 2.20. The molecule has 0 saturated carbocycles. The Kier molecular flexibility index (Phi) is 4.67. The molecule has 0 aliphatic heterocycles. The Morgan fingerprint density at radius 3 is 2.76 bits per heavy atom. The summed E-state index contributed by atoms with van der Waals surface area (Å²) in [4.78, 5) is 16.0. The summed E-state index contributed by atoms with van der Waals surface area (Å²) in [5.41, 5.74) is 0.264. The summed E-state index contributed by atoms with van der Waals surface area (Å²) in [6.07, 6.45) is -3.32. The molecule has 2 heterocycles. The molecule has 21 heavy (non-hydrogen) atoms. The Bertz CT molecular complexity index is 698. The van der Waals surface area contributed by atoms with Crippen molar-refractivity contribution in [2.75, 3.05) is 5.32 Å². The van der Waals surface area contributed by atoms with E-state index in [2.05, 4.69) is 31.3 Å². The van der Waals surface area contributed by atoms with Gasteiger partial charge in [0.25, 0.3) is 5.56 Å². The Morgan fingerprint density at radius 2 is 2.19 bits per heavy atom. The molecule has 0 fully saturated rings. The molecule has 0 bridgehead atoms. The lowest BCUT2D eigenvalue weighted by molar-refractivity contribution is -0.143. The predicted molar refractivity (Wildman–Crippen MR) is 76.4 cm³/mol. The Morgan fingerprint density at radius 1 is 1.48 bits per heavy atom. The van der Waals surface area contributed by atoms with Gasteiger partial charge in [-0.05, 0) is 22.9 Å². The van der Waals surface area contributed by atoms with Gasteiger partial charge in [0.05, 0.1) is 29.1 Å². The molecule has 2 rings (SSSR count). The summed E-state index contributed by atoms with van der Waals surface area (Å²) in [6, 6.07) is 0. The minimum Gasteiger partial charge on any atom is -0.377 e. The molecule has 0 aliphatic carbocycles. The van der Waals surface area contributed by atoms with Gasteiger partial charge in [-0.15, -0.1) is 11.3 Å². The SMILES string of the molecule is Cc1nc(CNc2cnn(CC(F)(F)F)c(=O)c2Br)cs1. The molecule has 0 aliphatic rings. The summed E-state index contributed by atoms with van der Waals surface area (Å²) < 4.78 is 37.2. The fraction of sp³-hybridized carbons (Fsp3) is 0.364. The van der Waals surface area contributed by atoms with Gasteiger partial charge in [-0.2, -0.15) is 18.3 Å². The summed E-state index contributed by atoms with van der Waals surface area (Å²) in [7, 11) is 0. The van der Waals surface area contributed by atoms with Gasteiger partial charge in [0.1, 0.15) is 11.0 Å². The van der Waals surface area contributed by atoms with E-state index < -0.39 is 18.3 Å². The van der Waals surface area contributed by atoms with Gasteiger partial charge in [-0.3, -0.25) is 4.79 Å². The van der Waals surface area contributed by atoms with Crippen LogP contribution >= 0.6 is 27.3 Å². The molecule has 1 N–H and O–H groups in total. The number of aryl methyl sites for hydroxylation is 1. The van der Waals surface area contributed by atoms with Gasteiger partial charge in [0.2, 0.25) is 0 Å². The van der Waals surface area contributed by atoms with E-state index in [4.69, 9.17) is 0 Å². The molecule has 0 spiro atoms. The number of hydrogen-bond acceptors (Lipinski definition) is 5. The number of nitrogens with zero attached hydrogens (tertiary/aromatic N) is 3. The van der Waals surface area contributed by atoms with Crippen molar-refractivity contribution in [2.45, 2.75) is 26.2 Å². The van der Waals surface area contributed by atoms with Crippen molar-refractivity contribution in [2.24, 2.45) is 0 Å². The van der Waals surface area contributed by atoms with Crippen molar-refractivity contribution in [3.8, 4) is 0 Å². The number of alkyl halides is 3. The number of aromatic nitrogens is 3. The van der Waals surface area contributed by atoms with E-state index in [9.17, 15) is 18.0 Å². The second-order valence-corrected chi connectivity index (χ2v) is 6.02. The van der Waals surface area contributed by atoms with Crippen LogP contribution in [0.2, 0.25) is 0 Å². The fourth-order valence-corrected chi connectivity index (χ4v) is 2.61. The summed E-state index contributed by atoms with van der Waals surface area (Å²) >= 11 is 4.48. The topological polar surface area (TPSA) is 59.8 Å². The van der Waals surface area contributed by atoms with Gasteiger partial charge in [0, 0.05) is 5.38 Å². The summed E-state index contributed by atoms with van der Waals surface area (Å²) in [5, 5.41) is 9.19. The van der Waals surface area contributed by atoms with Crippen LogP contribution in [0, 0.1) is 6.92 Å². The second-order valence-electron chi connectivity index (χ2n) is 4.16. The van der Waals surface area contributed by atoms with Gasteiger partial charge >= 0.3 is 6.18 Å². The number of nitrogens with one attached hydrogen (secondary N) is 1. The van der Waals surface area contributed by atoms with E-state index in [0.29, 0.717) is 16.9 Å². The van der Waals surface area contributed by atoms with Gasteiger partial charge in [0.15, 0.2) is 0 Å². The lowest BCUT2D eigenvalue weighted by Crippen LogP contribution is -2.31. The molecule has 0 saturated heterocycles. The zero-order valence-electron chi connectivity index (χ0n) is 10.7. The van der Waals surface area contributed by atoms with Gasteiger partial charge in [-0.1, -0.05) is 0 Å². The third kappa shape index (κ3) is 4.27. The normalized spacial score (nSPS) is 11.7.